The molecule has 0 aliphatic heterocycles. The Hall–Kier alpha value is -2.62. The number of rotatable bonds is 6. The zero-order chi connectivity index (χ0) is 16.8. The third kappa shape index (κ3) is 4.42. The standard InChI is InChI=1S/C19H22N2O2/c1-4-21(18-10-5-7-14(2)11-18)19(23)13-20-17-9-6-8-16(12-17)15(3)22/h5-12,20H,4,13H2,1-3H3. The zero-order valence-corrected chi connectivity index (χ0v) is 13.8. The van der Waals surface area contributed by atoms with Crippen molar-refractivity contribution < 1.29 is 9.59 Å². The molecule has 0 aliphatic rings. The maximum atomic E-state index is 12.5. The zero-order valence-electron chi connectivity index (χ0n) is 13.8. The van der Waals surface area contributed by atoms with Gasteiger partial charge in [0.15, 0.2) is 5.78 Å². The topological polar surface area (TPSA) is 49.4 Å². The second-order valence-electron chi connectivity index (χ2n) is 5.47. The molecule has 2 aromatic rings. The van der Waals surface area contributed by atoms with Crippen LogP contribution in [0.4, 0.5) is 11.4 Å². The molecule has 0 aliphatic carbocycles. The Morgan fingerprint density at radius 3 is 2.48 bits per heavy atom. The second kappa shape index (κ2) is 7.58. The number of carbonyl (C=O) groups is 2. The lowest BCUT2D eigenvalue weighted by Crippen LogP contribution is -2.35. The number of amides is 1. The third-order valence-corrected chi connectivity index (χ3v) is 3.64. The first kappa shape index (κ1) is 16.7. The van der Waals surface area contributed by atoms with Gasteiger partial charge in [-0.1, -0.05) is 24.3 Å². The highest BCUT2D eigenvalue weighted by molar-refractivity contribution is 5.97. The van der Waals surface area contributed by atoms with Gasteiger partial charge in [0, 0.05) is 23.5 Å². The number of anilines is 2. The lowest BCUT2D eigenvalue weighted by molar-refractivity contribution is -0.116. The minimum Gasteiger partial charge on any atom is -0.376 e. The van der Waals surface area contributed by atoms with E-state index < -0.39 is 0 Å². The molecule has 1 amide bonds. The highest BCUT2D eigenvalue weighted by Crippen LogP contribution is 2.16. The average Bonchev–Trinajstić information content (AvgIpc) is 2.54. The first-order valence-corrected chi connectivity index (χ1v) is 7.73. The van der Waals surface area contributed by atoms with Gasteiger partial charge in [-0.15, -0.1) is 0 Å². The van der Waals surface area contributed by atoms with Gasteiger partial charge in [-0.25, -0.2) is 0 Å². The van der Waals surface area contributed by atoms with Crippen LogP contribution in [0.2, 0.25) is 0 Å². The molecule has 0 saturated heterocycles. The molecule has 2 rings (SSSR count). The summed E-state index contributed by atoms with van der Waals surface area (Å²) in [7, 11) is 0. The molecule has 0 saturated carbocycles. The van der Waals surface area contributed by atoms with Gasteiger partial charge < -0.3 is 10.2 Å². The van der Waals surface area contributed by atoms with Crippen molar-refractivity contribution in [2.45, 2.75) is 20.8 Å². The van der Waals surface area contributed by atoms with Crippen LogP contribution in [0.3, 0.4) is 0 Å². The number of nitrogens with one attached hydrogen (secondary N) is 1. The van der Waals surface area contributed by atoms with Crippen molar-refractivity contribution in [1.29, 1.82) is 0 Å². The molecular formula is C19H22N2O2. The SMILES string of the molecule is CCN(C(=O)CNc1cccc(C(C)=O)c1)c1cccc(C)c1. The number of ketones is 1. The monoisotopic (exact) mass is 310 g/mol. The summed E-state index contributed by atoms with van der Waals surface area (Å²) in [5, 5.41) is 3.10. The molecule has 120 valence electrons. The Labute approximate surface area is 137 Å². The number of benzene rings is 2. The van der Waals surface area contributed by atoms with Crippen molar-refractivity contribution >= 4 is 23.1 Å². The number of aryl methyl sites for hydroxylation is 1. The van der Waals surface area contributed by atoms with Gasteiger partial charge in [-0.3, -0.25) is 9.59 Å². The van der Waals surface area contributed by atoms with Crippen molar-refractivity contribution in [2.75, 3.05) is 23.3 Å². The van der Waals surface area contributed by atoms with Crippen LogP contribution in [0.1, 0.15) is 29.8 Å². The first-order chi connectivity index (χ1) is 11.0. The molecule has 0 heterocycles. The van der Waals surface area contributed by atoms with E-state index in [4.69, 9.17) is 0 Å². The fraction of sp³-hybridized carbons (Fsp3) is 0.263. The van der Waals surface area contributed by atoms with Crippen LogP contribution in [0.15, 0.2) is 48.5 Å². The Morgan fingerprint density at radius 2 is 1.83 bits per heavy atom. The summed E-state index contributed by atoms with van der Waals surface area (Å²) in [5.74, 6) is 0.00116. The van der Waals surface area contributed by atoms with E-state index in [9.17, 15) is 9.59 Å². The molecule has 0 atom stereocenters. The molecule has 2 aromatic carbocycles. The van der Waals surface area contributed by atoms with Crippen LogP contribution < -0.4 is 10.2 Å². The van der Waals surface area contributed by atoms with E-state index in [1.165, 1.54) is 6.92 Å². The summed E-state index contributed by atoms with van der Waals surface area (Å²) in [4.78, 5) is 25.6. The van der Waals surface area contributed by atoms with Gasteiger partial charge in [0.2, 0.25) is 5.91 Å². The number of hydrogen-bond donors (Lipinski definition) is 1. The third-order valence-electron chi connectivity index (χ3n) is 3.64. The maximum Gasteiger partial charge on any atom is 0.246 e. The van der Waals surface area contributed by atoms with E-state index in [2.05, 4.69) is 5.32 Å². The Morgan fingerprint density at radius 1 is 1.09 bits per heavy atom. The second-order valence-corrected chi connectivity index (χ2v) is 5.47. The highest BCUT2D eigenvalue weighted by atomic mass is 16.2. The largest absolute Gasteiger partial charge is 0.376 e. The minimum absolute atomic E-state index is 0.00803. The quantitative estimate of drug-likeness (QED) is 0.828. The van der Waals surface area contributed by atoms with Crippen molar-refractivity contribution in [3.8, 4) is 0 Å². The Bertz CT molecular complexity index is 710. The molecular weight excluding hydrogens is 288 g/mol. The van der Waals surface area contributed by atoms with Gasteiger partial charge in [0.25, 0.3) is 0 Å². The van der Waals surface area contributed by atoms with Crippen LogP contribution in [0, 0.1) is 6.92 Å². The highest BCUT2D eigenvalue weighted by Gasteiger charge is 2.13. The molecule has 1 N–H and O–H groups in total. The molecule has 4 nitrogen and oxygen atoms in total. The predicted molar refractivity (Wildman–Crippen MR) is 94.1 cm³/mol. The lowest BCUT2D eigenvalue weighted by atomic mass is 10.1. The molecule has 0 bridgehead atoms. The van der Waals surface area contributed by atoms with E-state index in [1.54, 1.807) is 17.0 Å². The van der Waals surface area contributed by atoms with Crippen molar-refractivity contribution in [1.82, 2.24) is 0 Å². The molecule has 0 radical (unpaired) electrons. The van der Waals surface area contributed by atoms with E-state index in [0.29, 0.717) is 12.1 Å². The molecule has 23 heavy (non-hydrogen) atoms. The van der Waals surface area contributed by atoms with Crippen LogP contribution in [-0.4, -0.2) is 24.8 Å². The van der Waals surface area contributed by atoms with Crippen LogP contribution in [0.5, 0.6) is 0 Å². The Kier molecular flexibility index (Phi) is 5.52. The van der Waals surface area contributed by atoms with E-state index in [0.717, 1.165) is 16.9 Å². The molecule has 0 spiro atoms. The van der Waals surface area contributed by atoms with Crippen LogP contribution in [0.25, 0.3) is 0 Å². The van der Waals surface area contributed by atoms with Crippen molar-refractivity contribution in [2.24, 2.45) is 0 Å². The summed E-state index contributed by atoms with van der Waals surface area (Å²) in [6, 6.07) is 15.1. The van der Waals surface area contributed by atoms with Crippen molar-refractivity contribution in [3.05, 3.63) is 59.7 Å². The summed E-state index contributed by atoms with van der Waals surface area (Å²) in [6.07, 6.45) is 0. The summed E-state index contributed by atoms with van der Waals surface area (Å²) >= 11 is 0. The number of hydrogen-bond acceptors (Lipinski definition) is 3. The predicted octanol–water partition coefficient (Wildman–Crippen LogP) is 3.66. The number of likely N-dealkylation sites (N-methyl/N-ethyl adjacent to an activating group) is 1. The number of Topliss-reactive ketones (excluding diaryl/α,β-unsaturated/α-hetero) is 1. The molecule has 0 aromatic heterocycles. The fourth-order valence-electron chi connectivity index (χ4n) is 2.42. The number of nitrogens with zero attached hydrogens (tertiary/aromatic N) is 1. The summed E-state index contributed by atoms with van der Waals surface area (Å²) in [6.45, 7) is 6.28. The maximum absolute atomic E-state index is 12.5. The van der Waals surface area contributed by atoms with Gasteiger partial charge in [-0.05, 0) is 50.6 Å². The molecule has 4 heteroatoms. The van der Waals surface area contributed by atoms with E-state index >= 15 is 0 Å². The average molecular weight is 310 g/mol. The minimum atomic E-state index is -0.00803. The Balaban J connectivity index is 2.06. The van der Waals surface area contributed by atoms with Gasteiger partial charge in [0.1, 0.15) is 0 Å². The lowest BCUT2D eigenvalue weighted by Gasteiger charge is -2.22. The normalized spacial score (nSPS) is 10.2. The molecule has 0 fully saturated rings. The van der Waals surface area contributed by atoms with Crippen LogP contribution >= 0.6 is 0 Å². The summed E-state index contributed by atoms with van der Waals surface area (Å²) < 4.78 is 0. The van der Waals surface area contributed by atoms with Gasteiger partial charge in [-0.2, -0.15) is 0 Å². The van der Waals surface area contributed by atoms with Gasteiger partial charge in [0.05, 0.1) is 6.54 Å². The van der Waals surface area contributed by atoms with Crippen molar-refractivity contribution in [3.63, 3.8) is 0 Å². The summed E-state index contributed by atoms with van der Waals surface area (Å²) in [5.41, 5.74) is 3.42. The smallest absolute Gasteiger partial charge is 0.246 e. The van der Waals surface area contributed by atoms with E-state index in [-0.39, 0.29) is 18.2 Å². The van der Waals surface area contributed by atoms with Crippen LogP contribution in [-0.2, 0) is 4.79 Å². The number of carbonyl (C=O) groups excluding carboxylic acids is 2. The van der Waals surface area contributed by atoms with E-state index in [1.807, 2.05) is 50.2 Å². The fourth-order valence-corrected chi connectivity index (χ4v) is 2.42. The van der Waals surface area contributed by atoms with Gasteiger partial charge >= 0.3 is 0 Å². The first-order valence-electron chi connectivity index (χ1n) is 7.73. The molecule has 0 unspecified atom stereocenters.